The van der Waals surface area contributed by atoms with Gasteiger partial charge >= 0.3 is 6.09 Å². The van der Waals surface area contributed by atoms with Gasteiger partial charge in [0.25, 0.3) is 0 Å². The molecule has 0 radical (unpaired) electrons. The van der Waals surface area contributed by atoms with Crippen LogP contribution in [0.1, 0.15) is 33.6 Å². The lowest BCUT2D eigenvalue weighted by molar-refractivity contribution is -0.0349. The summed E-state index contributed by atoms with van der Waals surface area (Å²) >= 11 is 0. The van der Waals surface area contributed by atoms with Gasteiger partial charge in [0.15, 0.2) is 0 Å². The van der Waals surface area contributed by atoms with Gasteiger partial charge in [-0.05, 0) is 39.5 Å². The molecule has 0 aromatic heterocycles. The number of alkyl carbamates (subject to hydrolysis) is 1. The van der Waals surface area contributed by atoms with Crippen LogP contribution in [-0.4, -0.2) is 56.2 Å². The SMILES string of the molecule is CC(C)(C)OC(=O)NC1C2CCOC2C1NCC1CCOC1. The van der Waals surface area contributed by atoms with Gasteiger partial charge in [0.2, 0.25) is 0 Å². The van der Waals surface area contributed by atoms with Crippen molar-refractivity contribution in [2.45, 2.75) is 57.4 Å². The molecule has 1 amide bonds. The van der Waals surface area contributed by atoms with Crippen LogP contribution in [-0.2, 0) is 14.2 Å². The summed E-state index contributed by atoms with van der Waals surface area (Å²) in [5.74, 6) is 0.979. The molecule has 1 saturated carbocycles. The highest BCUT2D eigenvalue weighted by atomic mass is 16.6. The summed E-state index contributed by atoms with van der Waals surface area (Å²) in [7, 11) is 0. The first-order valence-corrected chi connectivity index (χ1v) is 8.36. The average molecular weight is 312 g/mol. The van der Waals surface area contributed by atoms with E-state index in [1.54, 1.807) is 0 Å². The number of ether oxygens (including phenoxy) is 3. The van der Waals surface area contributed by atoms with Crippen molar-refractivity contribution < 1.29 is 19.0 Å². The summed E-state index contributed by atoms with van der Waals surface area (Å²) in [6.07, 6.45) is 2.01. The molecule has 3 rings (SSSR count). The van der Waals surface area contributed by atoms with E-state index in [0.29, 0.717) is 11.8 Å². The summed E-state index contributed by atoms with van der Waals surface area (Å²) in [6.45, 7) is 9.04. The second kappa shape index (κ2) is 6.34. The third-order valence-corrected chi connectivity index (χ3v) is 4.74. The maximum atomic E-state index is 12.0. The van der Waals surface area contributed by atoms with Crippen molar-refractivity contribution in [3.8, 4) is 0 Å². The highest BCUT2D eigenvalue weighted by molar-refractivity contribution is 5.68. The number of nitrogens with one attached hydrogen (secondary N) is 2. The Morgan fingerprint density at radius 3 is 2.73 bits per heavy atom. The van der Waals surface area contributed by atoms with Gasteiger partial charge in [-0.3, -0.25) is 0 Å². The van der Waals surface area contributed by atoms with Crippen LogP contribution in [0, 0.1) is 11.8 Å². The standard InChI is InChI=1S/C16H28N2O4/c1-16(2,3)22-15(19)18-12-11-5-7-21-14(11)13(12)17-8-10-4-6-20-9-10/h10-14,17H,4-9H2,1-3H3,(H,18,19). The van der Waals surface area contributed by atoms with Crippen LogP contribution >= 0.6 is 0 Å². The molecule has 2 aliphatic heterocycles. The number of hydrogen-bond acceptors (Lipinski definition) is 5. The van der Waals surface area contributed by atoms with E-state index < -0.39 is 5.60 Å². The molecule has 2 N–H and O–H groups in total. The average Bonchev–Trinajstić information content (AvgIpc) is 3.04. The van der Waals surface area contributed by atoms with Gasteiger partial charge in [-0.15, -0.1) is 0 Å². The van der Waals surface area contributed by atoms with Crippen LogP contribution in [0.25, 0.3) is 0 Å². The molecular formula is C16H28N2O4. The fourth-order valence-corrected chi connectivity index (χ4v) is 3.64. The van der Waals surface area contributed by atoms with Crippen molar-refractivity contribution >= 4 is 6.09 Å². The van der Waals surface area contributed by atoms with Gasteiger partial charge in [0, 0.05) is 25.7 Å². The van der Waals surface area contributed by atoms with E-state index in [4.69, 9.17) is 14.2 Å². The topological polar surface area (TPSA) is 68.8 Å². The molecule has 5 atom stereocenters. The molecule has 2 saturated heterocycles. The molecule has 1 aliphatic carbocycles. The van der Waals surface area contributed by atoms with Crippen molar-refractivity contribution in [3.05, 3.63) is 0 Å². The molecule has 3 fully saturated rings. The second-order valence-corrected chi connectivity index (χ2v) is 7.62. The van der Waals surface area contributed by atoms with Crippen molar-refractivity contribution in [2.24, 2.45) is 11.8 Å². The molecular weight excluding hydrogens is 284 g/mol. The first-order valence-electron chi connectivity index (χ1n) is 8.36. The van der Waals surface area contributed by atoms with Crippen LogP contribution in [0.5, 0.6) is 0 Å². The molecule has 6 nitrogen and oxygen atoms in total. The largest absolute Gasteiger partial charge is 0.444 e. The van der Waals surface area contributed by atoms with Gasteiger partial charge in [-0.2, -0.15) is 0 Å². The first kappa shape index (κ1) is 16.0. The molecule has 0 spiro atoms. The van der Waals surface area contributed by atoms with E-state index in [1.165, 1.54) is 0 Å². The summed E-state index contributed by atoms with van der Waals surface area (Å²) < 4.78 is 16.6. The Hall–Kier alpha value is -0.850. The minimum Gasteiger partial charge on any atom is -0.444 e. The number of carbonyl (C=O) groups is 1. The zero-order valence-corrected chi connectivity index (χ0v) is 13.8. The minimum atomic E-state index is -0.469. The van der Waals surface area contributed by atoms with E-state index >= 15 is 0 Å². The van der Waals surface area contributed by atoms with Gasteiger partial charge in [0.05, 0.1) is 24.8 Å². The highest BCUT2D eigenvalue weighted by Crippen LogP contribution is 2.39. The summed E-state index contributed by atoms with van der Waals surface area (Å²) in [4.78, 5) is 12.0. The van der Waals surface area contributed by atoms with Crippen molar-refractivity contribution in [3.63, 3.8) is 0 Å². The van der Waals surface area contributed by atoms with Crippen LogP contribution in [0.4, 0.5) is 4.79 Å². The summed E-state index contributed by atoms with van der Waals surface area (Å²) in [6, 6.07) is 0.283. The lowest BCUT2D eigenvalue weighted by Crippen LogP contribution is -2.70. The van der Waals surface area contributed by atoms with Gasteiger partial charge in [0.1, 0.15) is 5.60 Å². The third kappa shape index (κ3) is 3.55. The number of amides is 1. The third-order valence-electron chi connectivity index (χ3n) is 4.74. The zero-order chi connectivity index (χ0) is 15.7. The Bertz CT molecular complexity index is 403. The number of fused-ring (bicyclic) bond motifs is 1. The van der Waals surface area contributed by atoms with Gasteiger partial charge < -0.3 is 24.8 Å². The lowest BCUT2D eigenvalue weighted by atomic mass is 9.71. The molecule has 6 heteroatoms. The molecule has 2 heterocycles. The number of carbonyl (C=O) groups excluding carboxylic acids is 1. The minimum absolute atomic E-state index is 0.102. The van der Waals surface area contributed by atoms with E-state index in [9.17, 15) is 4.79 Å². The van der Waals surface area contributed by atoms with E-state index in [0.717, 1.165) is 39.2 Å². The fraction of sp³-hybridized carbons (Fsp3) is 0.938. The summed E-state index contributed by atoms with van der Waals surface area (Å²) in [5.41, 5.74) is -0.469. The zero-order valence-electron chi connectivity index (χ0n) is 13.8. The predicted octanol–water partition coefficient (Wildman–Crippen LogP) is 1.29. The maximum Gasteiger partial charge on any atom is 0.407 e. The predicted molar refractivity (Wildman–Crippen MR) is 81.7 cm³/mol. The molecule has 5 unspecified atom stereocenters. The first-order chi connectivity index (χ1) is 10.4. The Kier molecular flexibility index (Phi) is 4.61. The fourth-order valence-electron chi connectivity index (χ4n) is 3.64. The second-order valence-electron chi connectivity index (χ2n) is 7.62. The van der Waals surface area contributed by atoms with Crippen LogP contribution in [0.2, 0.25) is 0 Å². The van der Waals surface area contributed by atoms with Crippen LogP contribution in [0.3, 0.4) is 0 Å². The molecule has 3 aliphatic rings. The van der Waals surface area contributed by atoms with Gasteiger partial charge in [-0.25, -0.2) is 4.79 Å². The van der Waals surface area contributed by atoms with Crippen molar-refractivity contribution in [1.29, 1.82) is 0 Å². The smallest absolute Gasteiger partial charge is 0.407 e. The van der Waals surface area contributed by atoms with Crippen LogP contribution in [0.15, 0.2) is 0 Å². The molecule has 0 bridgehead atoms. The number of rotatable bonds is 4. The monoisotopic (exact) mass is 312 g/mol. The van der Waals surface area contributed by atoms with E-state index in [1.807, 2.05) is 20.8 Å². The van der Waals surface area contributed by atoms with E-state index in [2.05, 4.69) is 10.6 Å². The summed E-state index contributed by atoms with van der Waals surface area (Å²) in [5, 5.41) is 6.61. The van der Waals surface area contributed by atoms with E-state index in [-0.39, 0.29) is 24.3 Å². The molecule has 0 aromatic rings. The maximum absolute atomic E-state index is 12.0. The molecule has 22 heavy (non-hydrogen) atoms. The Balaban J connectivity index is 1.52. The van der Waals surface area contributed by atoms with Crippen molar-refractivity contribution in [1.82, 2.24) is 10.6 Å². The van der Waals surface area contributed by atoms with Crippen LogP contribution < -0.4 is 10.6 Å². The Morgan fingerprint density at radius 2 is 2.05 bits per heavy atom. The van der Waals surface area contributed by atoms with Crippen molar-refractivity contribution in [2.75, 3.05) is 26.4 Å². The van der Waals surface area contributed by atoms with Gasteiger partial charge in [-0.1, -0.05) is 0 Å². The lowest BCUT2D eigenvalue weighted by Gasteiger charge is -2.48. The molecule has 0 aromatic carbocycles. The quantitative estimate of drug-likeness (QED) is 0.819. The Morgan fingerprint density at radius 1 is 1.23 bits per heavy atom. The normalized spacial score (nSPS) is 37.5. The Labute approximate surface area is 132 Å². The highest BCUT2D eigenvalue weighted by Gasteiger charge is 2.54. The number of hydrogen-bond donors (Lipinski definition) is 2. The molecule has 126 valence electrons.